The van der Waals surface area contributed by atoms with Crippen LogP contribution in [-0.2, 0) is 9.53 Å². The van der Waals surface area contributed by atoms with E-state index in [-0.39, 0.29) is 11.8 Å². The molecule has 0 bridgehead atoms. The number of hydrogen-bond donors (Lipinski definition) is 1. The monoisotopic (exact) mass is 187 g/mol. The Bertz CT molecular complexity index is 182. The maximum absolute atomic E-state index is 11.6. The largest absolute Gasteiger partial charge is 0.389 e. The molecule has 4 heteroatoms. The molecule has 13 heavy (non-hydrogen) atoms. The third-order valence-corrected chi connectivity index (χ3v) is 2.05. The predicted octanol–water partition coefficient (Wildman–Crippen LogP) is -0.138. The first kappa shape index (κ1) is 10.5. The highest BCUT2D eigenvalue weighted by atomic mass is 16.5. The Kier molecular flexibility index (Phi) is 3.69. The summed E-state index contributed by atoms with van der Waals surface area (Å²) in [4.78, 5) is 13.2. The summed E-state index contributed by atoms with van der Waals surface area (Å²) < 4.78 is 5.12. The summed E-state index contributed by atoms with van der Waals surface area (Å²) in [6, 6.07) is 0. The van der Waals surface area contributed by atoms with Gasteiger partial charge < -0.3 is 14.7 Å². The number of aliphatic hydroxyl groups is 1. The number of hydrogen-bond acceptors (Lipinski definition) is 3. The quantitative estimate of drug-likeness (QED) is 0.621. The van der Waals surface area contributed by atoms with Gasteiger partial charge in [0.05, 0.1) is 19.3 Å². The minimum absolute atomic E-state index is 0.00898. The van der Waals surface area contributed by atoms with E-state index in [2.05, 4.69) is 0 Å². The molecule has 4 nitrogen and oxygen atoms in total. The van der Waals surface area contributed by atoms with Gasteiger partial charge in [0.15, 0.2) is 0 Å². The zero-order chi connectivity index (χ0) is 9.84. The van der Waals surface area contributed by atoms with Gasteiger partial charge in [-0.3, -0.25) is 4.79 Å². The fourth-order valence-electron chi connectivity index (χ4n) is 1.36. The van der Waals surface area contributed by atoms with Gasteiger partial charge in [-0.1, -0.05) is 13.8 Å². The molecule has 1 N–H and O–H groups in total. The lowest BCUT2D eigenvalue weighted by Crippen LogP contribution is -2.39. The van der Waals surface area contributed by atoms with Gasteiger partial charge in [-0.05, 0) is 0 Å². The molecule has 0 saturated carbocycles. The first-order valence-corrected chi connectivity index (χ1v) is 4.66. The second-order valence-corrected chi connectivity index (χ2v) is 3.67. The number of nitrogens with zero attached hydrogens (tertiary/aromatic N) is 1. The molecule has 1 atom stereocenters. The summed E-state index contributed by atoms with van der Waals surface area (Å²) in [7, 11) is 0. The molecule has 1 saturated heterocycles. The van der Waals surface area contributed by atoms with Gasteiger partial charge in [-0.2, -0.15) is 0 Å². The van der Waals surface area contributed by atoms with Crippen molar-refractivity contribution >= 4 is 5.91 Å². The van der Waals surface area contributed by atoms with Gasteiger partial charge in [0, 0.05) is 19.0 Å². The average molecular weight is 187 g/mol. The van der Waals surface area contributed by atoms with E-state index in [0.29, 0.717) is 26.3 Å². The zero-order valence-electron chi connectivity index (χ0n) is 8.19. The number of rotatable bonds is 1. The maximum atomic E-state index is 11.6. The Labute approximate surface area is 78.5 Å². The van der Waals surface area contributed by atoms with E-state index in [9.17, 15) is 9.90 Å². The van der Waals surface area contributed by atoms with Gasteiger partial charge in [0.2, 0.25) is 5.91 Å². The minimum atomic E-state index is -0.537. The summed E-state index contributed by atoms with van der Waals surface area (Å²) in [6.07, 6.45) is -0.537. The highest BCUT2D eigenvalue weighted by Gasteiger charge is 2.22. The molecule has 0 spiro atoms. The lowest BCUT2D eigenvalue weighted by Gasteiger charge is -2.23. The van der Waals surface area contributed by atoms with E-state index in [4.69, 9.17) is 4.74 Å². The van der Waals surface area contributed by atoms with Crippen LogP contribution in [0, 0.1) is 5.92 Å². The van der Waals surface area contributed by atoms with Crippen molar-refractivity contribution in [3.05, 3.63) is 0 Å². The van der Waals surface area contributed by atoms with Crippen molar-refractivity contribution in [2.45, 2.75) is 20.0 Å². The van der Waals surface area contributed by atoms with Crippen LogP contribution in [0.1, 0.15) is 13.8 Å². The fraction of sp³-hybridized carbons (Fsp3) is 0.889. The minimum Gasteiger partial charge on any atom is -0.389 e. The number of carbonyl (C=O) groups excluding carboxylic acids is 1. The summed E-state index contributed by atoms with van der Waals surface area (Å²) in [5.74, 6) is 0.0786. The molecule has 1 aliphatic rings. The topological polar surface area (TPSA) is 49.8 Å². The number of ether oxygens (including phenoxy) is 1. The summed E-state index contributed by atoms with van der Waals surface area (Å²) in [6.45, 7) is 5.57. The van der Waals surface area contributed by atoms with E-state index >= 15 is 0 Å². The van der Waals surface area contributed by atoms with Crippen LogP contribution in [0.5, 0.6) is 0 Å². The van der Waals surface area contributed by atoms with Gasteiger partial charge in [-0.25, -0.2) is 0 Å². The molecule has 1 amide bonds. The molecule has 1 aliphatic heterocycles. The highest BCUT2D eigenvalue weighted by Crippen LogP contribution is 2.05. The molecule has 0 aromatic rings. The zero-order valence-corrected chi connectivity index (χ0v) is 8.19. The van der Waals surface area contributed by atoms with E-state index < -0.39 is 6.10 Å². The normalized spacial score (nSPS) is 24.6. The highest BCUT2D eigenvalue weighted by molar-refractivity contribution is 5.78. The second kappa shape index (κ2) is 4.58. The summed E-state index contributed by atoms with van der Waals surface area (Å²) in [5, 5.41) is 9.37. The molecule has 76 valence electrons. The van der Waals surface area contributed by atoms with Crippen molar-refractivity contribution in [1.29, 1.82) is 0 Å². The van der Waals surface area contributed by atoms with Gasteiger partial charge in [0.25, 0.3) is 0 Å². The average Bonchev–Trinajstić information content (AvgIpc) is 2.28. The van der Waals surface area contributed by atoms with Crippen molar-refractivity contribution in [2.75, 3.05) is 26.3 Å². The molecular formula is C9H17NO3. The SMILES string of the molecule is CC(C)C(=O)N1CCOCC(O)C1. The summed E-state index contributed by atoms with van der Waals surface area (Å²) in [5.41, 5.74) is 0. The molecular weight excluding hydrogens is 170 g/mol. The maximum Gasteiger partial charge on any atom is 0.225 e. The van der Waals surface area contributed by atoms with Gasteiger partial charge in [0.1, 0.15) is 0 Å². The third kappa shape index (κ3) is 2.97. The van der Waals surface area contributed by atoms with Crippen LogP contribution in [-0.4, -0.2) is 48.3 Å². The lowest BCUT2D eigenvalue weighted by atomic mass is 10.2. The van der Waals surface area contributed by atoms with Crippen LogP contribution in [0.2, 0.25) is 0 Å². The predicted molar refractivity (Wildman–Crippen MR) is 48.2 cm³/mol. The second-order valence-electron chi connectivity index (χ2n) is 3.67. The van der Waals surface area contributed by atoms with E-state index in [0.717, 1.165) is 0 Å². The molecule has 0 radical (unpaired) electrons. The lowest BCUT2D eigenvalue weighted by molar-refractivity contribution is -0.135. The Morgan fingerprint density at radius 3 is 2.92 bits per heavy atom. The molecule has 1 rings (SSSR count). The van der Waals surface area contributed by atoms with Crippen molar-refractivity contribution in [1.82, 2.24) is 4.90 Å². The van der Waals surface area contributed by atoms with Crippen LogP contribution >= 0.6 is 0 Å². The number of aliphatic hydroxyl groups excluding tert-OH is 1. The van der Waals surface area contributed by atoms with E-state index in [1.165, 1.54) is 0 Å². The first-order valence-electron chi connectivity index (χ1n) is 4.66. The van der Waals surface area contributed by atoms with E-state index in [1.807, 2.05) is 13.8 Å². The molecule has 1 unspecified atom stereocenters. The van der Waals surface area contributed by atoms with Crippen molar-refractivity contribution < 1.29 is 14.6 Å². The van der Waals surface area contributed by atoms with Gasteiger partial charge >= 0.3 is 0 Å². The number of carbonyl (C=O) groups is 1. The van der Waals surface area contributed by atoms with Crippen LogP contribution < -0.4 is 0 Å². The van der Waals surface area contributed by atoms with Crippen molar-refractivity contribution in [3.8, 4) is 0 Å². The number of β-amino-alcohol motifs (C(OH)–C–C–N with tert-alkyl or cyclic N) is 1. The Morgan fingerprint density at radius 2 is 2.31 bits per heavy atom. The molecule has 0 aliphatic carbocycles. The summed E-state index contributed by atoms with van der Waals surface area (Å²) >= 11 is 0. The van der Waals surface area contributed by atoms with Crippen molar-refractivity contribution in [3.63, 3.8) is 0 Å². The Morgan fingerprint density at radius 1 is 1.62 bits per heavy atom. The molecule has 1 heterocycles. The molecule has 1 fully saturated rings. The Balaban J connectivity index is 2.52. The van der Waals surface area contributed by atoms with Crippen LogP contribution in [0.15, 0.2) is 0 Å². The van der Waals surface area contributed by atoms with Crippen molar-refractivity contribution in [2.24, 2.45) is 5.92 Å². The molecule has 0 aromatic heterocycles. The van der Waals surface area contributed by atoms with Crippen LogP contribution in [0.3, 0.4) is 0 Å². The standard InChI is InChI=1S/C9H17NO3/c1-7(2)9(12)10-3-4-13-6-8(11)5-10/h7-8,11H,3-6H2,1-2H3. The first-order chi connectivity index (χ1) is 6.11. The Hall–Kier alpha value is -0.610. The van der Waals surface area contributed by atoms with E-state index in [1.54, 1.807) is 4.90 Å². The number of amides is 1. The third-order valence-electron chi connectivity index (χ3n) is 2.05. The smallest absolute Gasteiger partial charge is 0.225 e. The van der Waals surface area contributed by atoms with Crippen LogP contribution in [0.25, 0.3) is 0 Å². The van der Waals surface area contributed by atoms with Gasteiger partial charge in [-0.15, -0.1) is 0 Å². The fourth-order valence-corrected chi connectivity index (χ4v) is 1.36. The van der Waals surface area contributed by atoms with Crippen LogP contribution in [0.4, 0.5) is 0 Å². The molecule has 0 aromatic carbocycles.